The molecule has 17 heavy (non-hydrogen) atoms. The van der Waals surface area contributed by atoms with Gasteiger partial charge in [-0.1, -0.05) is 11.8 Å². The lowest BCUT2D eigenvalue weighted by Gasteiger charge is -2.39. The summed E-state index contributed by atoms with van der Waals surface area (Å²) in [6.45, 7) is 0. The molecule has 1 heterocycles. The summed E-state index contributed by atoms with van der Waals surface area (Å²) in [6.07, 6.45) is 8.55. The van der Waals surface area contributed by atoms with Gasteiger partial charge in [-0.15, -0.1) is 0 Å². The Labute approximate surface area is 105 Å². The predicted octanol–water partition coefficient (Wildman–Crippen LogP) is 2.42. The van der Waals surface area contributed by atoms with Crippen molar-refractivity contribution in [1.82, 2.24) is 9.97 Å². The first kappa shape index (κ1) is 10.8. The van der Waals surface area contributed by atoms with Gasteiger partial charge in [-0.3, -0.25) is 0 Å². The maximum atomic E-state index is 9.08. The second-order valence-corrected chi connectivity index (χ2v) is 5.72. The second-order valence-electron chi connectivity index (χ2n) is 4.95. The molecule has 3 aliphatic rings. The molecule has 0 radical (unpaired) electrons. The van der Waals surface area contributed by atoms with Crippen molar-refractivity contribution in [2.45, 2.75) is 36.4 Å². The molecule has 3 aliphatic carbocycles. The van der Waals surface area contributed by atoms with Crippen LogP contribution in [-0.4, -0.2) is 21.8 Å². The molecule has 5 heteroatoms. The van der Waals surface area contributed by atoms with Crippen LogP contribution in [0.1, 0.15) is 31.2 Å². The molecular weight excluding hydrogens is 232 g/mol. The predicted molar refractivity (Wildman–Crippen MR) is 66.8 cm³/mol. The molecule has 4 rings (SSSR count). The van der Waals surface area contributed by atoms with E-state index in [-0.39, 0.29) is 5.54 Å². The zero-order valence-electron chi connectivity index (χ0n) is 9.73. The fourth-order valence-corrected chi connectivity index (χ4v) is 3.33. The third-order valence-electron chi connectivity index (χ3n) is 3.84. The highest BCUT2D eigenvalue weighted by Gasteiger charge is 2.50. The fraction of sp³-hybridized carbons (Fsp3) is 0.583. The van der Waals surface area contributed by atoms with Crippen LogP contribution in [0.4, 0.5) is 5.82 Å². The van der Waals surface area contributed by atoms with E-state index in [2.05, 4.69) is 21.4 Å². The Morgan fingerprint density at radius 1 is 1.59 bits per heavy atom. The van der Waals surface area contributed by atoms with Crippen LogP contribution in [0.3, 0.4) is 0 Å². The van der Waals surface area contributed by atoms with Crippen LogP contribution in [0, 0.1) is 17.2 Å². The van der Waals surface area contributed by atoms with E-state index in [0.717, 1.165) is 11.1 Å². The van der Waals surface area contributed by atoms with Gasteiger partial charge in [-0.05, 0) is 37.9 Å². The summed E-state index contributed by atoms with van der Waals surface area (Å²) in [5.41, 5.74) is 0.771. The van der Waals surface area contributed by atoms with Gasteiger partial charge in [0.1, 0.15) is 17.5 Å². The van der Waals surface area contributed by atoms with E-state index < -0.39 is 0 Å². The molecule has 1 aromatic heterocycles. The van der Waals surface area contributed by atoms with Crippen LogP contribution in [0.15, 0.2) is 11.4 Å². The Morgan fingerprint density at radius 2 is 2.41 bits per heavy atom. The Balaban J connectivity index is 1.88. The van der Waals surface area contributed by atoms with Crippen molar-refractivity contribution in [2.75, 3.05) is 11.6 Å². The number of aromatic nitrogens is 2. The van der Waals surface area contributed by atoms with Crippen molar-refractivity contribution in [1.29, 1.82) is 5.26 Å². The molecule has 0 amide bonds. The lowest BCUT2D eigenvalue weighted by molar-refractivity contribution is 0.272. The molecule has 0 aliphatic heterocycles. The van der Waals surface area contributed by atoms with Gasteiger partial charge in [0.05, 0.1) is 6.20 Å². The largest absolute Gasteiger partial charge is 0.363 e. The molecule has 2 bridgehead atoms. The molecule has 0 unspecified atom stereocenters. The van der Waals surface area contributed by atoms with Gasteiger partial charge >= 0.3 is 0 Å². The first-order valence-electron chi connectivity index (χ1n) is 5.84. The summed E-state index contributed by atoms with van der Waals surface area (Å²) < 4.78 is 0. The second kappa shape index (κ2) is 3.88. The van der Waals surface area contributed by atoms with E-state index in [1.54, 1.807) is 6.20 Å². The van der Waals surface area contributed by atoms with Crippen molar-refractivity contribution in [3.8, 4) is 6.07 Å². The molecule has 1 N–H and O–H groups in total. The zero-order chi connectivity index (χ0) is 11.9. The average molecular weight is 246 g/mol. The average Bonchev–Trinajstić information content (AvgIpc) is 2.88. The van der Waals surface area contributed by atoms with Crippen molar-refractivity contribution < 1.29 is 0 Å². The normalized spacial score (nSPS) is 29.5. The van der Waals surface area contributed by atoms with Gasteiger partial charge in [0.25, 0.3) is 0 Å². The topological polar surface area (TPSA) is 61.6 Å². The minimum atomic E-state index is 0.223. The lowest BCUT2D eigenvalue weighted by atomic mass is 9.77. The van der Waals surface area contributed by atoms with Crippen molar-refractivity contribution in [2.24, 2.45) is 5.92 Å². The molecule has 0 saturated heterocycles. The summed E-state index contributed by atoms with van der Waals surface area (Å²) in [6, 6.07) is 2.16. The summed E-state index contributed by atoms with van der Waals surface area (Å²) in [5.74, 6) is 1.61. The quantitative estimate of drug-likeness (QED) is 0.655. The fourth-order valence-electron chi connectivity index (χ4n) is 2.99. The van der Waals surface area contributed by atoms with Gasteiger partial charge in [0.2, 0.25) is 0 Å². The monoisotopic (exact) mass is 246 g/mol. The minimum absolute atomic E-state index is 0.223. The first-order valence-corrected chi connectivity index (χ1v) is 7.06. The van der Waals surface area contributed by atoms with E-state index in [9.17, 15) is 0 Å². The van der Waals surface area contributed by atoms with Crippen LogP contribution in [-0.2, 0) is 0 Å². The van der Waals surface area contributed by atoms with E-state index in [1.165, 1.54) is 37.4 Å². The Morgan fingerprint density at radius 3 is 3.00 bits per heavy atom. The minimum Gasteiger partial charge on any atom is -0.363 e. The van der Waals surface area contributed by atoms with E-state index in [1.807, 2.05) is 6.26 Å². The van der Waals surface area contributed by atoms with E-state index in [4.69, 9.17) is 5.26 Å². The third-order valence-corrected chi connectivity index (χ3v) is 4.41. The smallest absolute Gasteiger partial charge is 0.189 e. The number of nitriles is 1. The molecular formula is C12H14N4S. The third kappa shape index (κ3) is 1.77. The summed E-state index contributed by atoms with van der Waals surface area (Å²) in [4.78, 5) is 8.54. The number of hydrogen-bond donors (Lipinski definition) is 1. The van der Waals surface area contributed by atoms with Crippen molar-refractivity contribution >= 4 is 17.6 Å². The van der Waals surface area contributed by atoms with Crippen LogP contribution < -0.4 is 5.32 Å². The van der Waals surface area contributed by atoms with Crippen molar-refractivity contribution in [3.63, 3.8) is 0 Å². The number of anilines is 1. The molecule has 0 spiro atoms. The lowest BCUT2D eigenvalue weighted by Crippen LogP contribution is -2.43. The first-order chi connectivity index (χ1) is 8.24. The number of rotatable bonds is 3. The van der Waals surface area contributed by atoms with Gasteiger partial charge in [-0.25, -0.2) is 9.97 Å². The molecule has 0 atom stereocenters. The molecule has 3 fully saturated rings. The molecule has 88 valence electrons. The zero-order valence-corrected chi connectivity index (χ0v) is 10.5. The standard InChI is InChI=1S/C12H14N4S/c1-17-11-14-7-9(6-13)10(15-11)16-12-3-2-8(4-12)5-12/h7-8H,2-5H2,1H3,(H,14,15,16). The van der Waals surface area contributed by atoms with E-state index >= 15 is 0 Å². The van der Waals surface area contributed by atoms with Crippen LogP contribution in [0.5, 0.6) is 0 Å². The Kier molecular flexibility index (Phi) is 2.48. The summed E-state index contributed by atoms with van der Waals surface area (Å²) in [5, 5.41) is 13.3. The highest BCUT2D eigenvalue weighted by Crippen LogP contribution is 2.53. The Bertz CT molecular complexity index is 482. The number of nitrogens with one attached hydrogen (secondary N) is 1. The van der Waals surface area contributed by atoms with Gasteiger partial charge in [0.15, 0.2) is 5.16 Å². The maximum absolute atomic E-state index is 9.08. The van der Waals surface area contributed by atoms with Gasteiger partial charge in [-0.2, -0.15) is 5.26 Å². The van der Waals surface area contributed by atoms with Crippen LogP contribution >= 0.6 is 11.8 Å². The molecule has 3 saturated carbocycles. The van der Waals surface area contributed by atoms with Crippen LogP contribution in [0.25, 0.3) is 0 Å². The Hall–Kier alpha value is -1.28. The van der Waals surface area contributed by atoms with Crippen molar-refractivity contribution in [3.05, 3.63) is 11.8 Å². The maximum Gasteiger partial charge on any atom is 0.189 e. The summed E-state index contributed by atoms with van der Waals surface area (Å²) >= 11 is 1.50. The number of nitrogens with zero attached hydrogens (tertiary/aromatic N) is 3. The molecule has 0 aromatic carbocycles. The SMILES string of the molecule is CSc1ncc(C#N)c(NC23CCC(C2)C3)n1. The molecule has 4 nitrogen and oxygen atoms in total. The van der Waals surface area contributed by atoms with E-state index in [0.29, 0.717) is 11.4 Å². The highest BCUT2D eigenvalue weighted by molar-refractivity contribution is 7.98. The number of fused-ring (bicyclic) bond motifs is 1. The number of thioether (sulfide) groups is 1. The van der Waals surface area contributed by atoms with Gasteiger partial charge < -0.3 is 5.32 Å². The summed E-state index contributed by atoms with van der Waals surface area (Å²) in [7, 11) is 0. The van der Waals surface area contributed by atoms with Gasteiger partial charge in [0, 0.05) is 5.54 Å². The number of hydrogen-bond acceptors (Lipinski definition) is 5. The molecule has 1 aromatic rings. The highest BCUT2D eigenvalue weighted by atomic mass is 32.2. The van der Waals surface area contributed by atoms with Crippen LogP contribution in [0.2, 0.25) is 0 Å².